The molecule has 1 aromatic carbocycles. The third-order valence-corrected chi connectivity index (χ3v) is 3.23. The SMILES string of the molecule is CNC(Cn1ccnc1)c1ccc(C)c(C)c1. The maximum atomic E-state index is 4.07. The van der Waals surface area contributed by atoms with Crippen LogP contribution in [0.2, 0.25) is 0 Å². The second kappa shape index (κ2) is 5.15. The number of likely N-dealkylation sites (N-methyl/N-ethyl adjacent to an activating group) is 1. The third kappa shape index (κ3) is 2.74. The summed E-state index contributed by atoms with van der Waals surface area (Å²) in [7, 11) is 2.00. The van der Waals surface area contributed by atoms with E-state index in [4.69, 9.17) is 0 Å². The average Bonchev–Trinajstić information content (AvgIpc) is 2.82. The molecule has 3 heteroatoms. The fraction of sp³-hybridized carbons (Fsp3) is 0.357. The molecule has 1 N–H and O–H groups in total. The van der Waals surface area contributed by atoms with Gasteiger partial charge in [-0.3, -0.25) is 0 Å². The Bertz CT molecular complexity index is 474. The highest BCUT2D eigenvalue weighted by Gasteiger charge is 2.10. The molecule has 0 saturated carbocycles. The quantitative estimate of drug-likeness (QED) is 0.872. The van der Waals surface area contributed by atoms with Crippen molar-refractivity contribution in [3.63, 3.8) is 0 Å². The maximum Gasteiger partial charge on any atom is 0.0946 e. The predicted octanol–water partition coefficient (Wildman–Crippen LogP) is 2.46. The van der Waals surface area contributed by atoms with Crippen molar-refractivity contribution in [3.05, 3.63) is 53.6 Å². The first-order valence-electron chi connectivity index (χ1n) is 5.91. The van der Waals surface area contributed by atoms with Crippen LogP contribution < -0.4 is 5.32 Å². The molecule has 1 aromatic heterocycles. The Morgan fingerprint density at radius 3 is 2.71 bits per heavy atom. The summed E-state index contributed by atoms with van der Waals surface area (Å²) in [6, 6.07) is 6.96. The van der Waals surface area contributed by atoms with E-state index in [2.05, 4.69) is 46.9 Å². The van der Waals surface area contributed by atoms with Crippen LogP contribution in [0.25, 0.3) is 0 Å². The highest BCUT2D eigenvalue weighted by Crippen LogP contribution is 2.18. The molecule has 1 heterocycles. The molecule has 0 spiro atoms. The van der Waals surface area contributed by atoms with Gasteiger partial charge in [-0.1, -0.05) is 18.2 Å². The number of rotatable bonds is 4. The van der Waals surface area contributed by atoms with Crippen molar-refractivity contribution in [2.75, 3.05) is 7.05 Å². The number of aromatic nitrogens is 2. The standard InChI is InChI=1S/C14H19N3/c1-11-4-5-13(8-12(11)2)14(15-3)9-17-7-6-16-10-17/h4-8,10,14-15H,9H2,1-3H3. The molecule has 0 aliphatic heterocycles. The zero-order valence-corrected chi connectivity index (χ0v) is 10.6. The fourth-order valence-electron chi connectivity index (χ4n) is 1.95. The number of aryl methyl sites for hydroxylation is 2. The van der Waals surface area contributed by atoms with Gasteiger partial charge in [-0.25, -0.2) is 4.98 Å². The molecule has 0 amide bonds. The lowest BCUT2D eigenvalue weighted by molar-refractivity contribution is 0.500. The summed E-state index contributed by atoms with van der Waals surface area (Å²) < 4.78 is 2.09. The van der Waals surface area contributed by atoms with Crippen molar-refractivity contribution in [2.45, 2.75) is 26.4 Å². The van der Waals surface area contributed by atoms with Gasteiger partial charge in [0.15, 0.2) is 0 Å². The highest BCUT2D eigenvalue weighted by atomic mass is 15.1. The van der Waals surface area contributed by atoms with Crippen molar-refractivity contribution in [1.82, 2.24) is 14.9 Å². The van der Waals surface area contributed by atoms with E-state index in [1.54, 1.807) is 0 Å². The normalized spacial score (nSPS) is 12.6. The van der Waals surface area contributed by atoms with Gasteiger partial charge in [0.2, 0.25) is 0 Å². The monoisotopic (exact) mass is 229 g/mol. The van der Waals surface area contributed by atoms with Crippen LogP contribution in [0.15, 0.2) is 36.9 Å². The second-order valence-electron chi connectivity index (χ2n) is 4.44. The van der Waals surface area contributed by atoms with E-state index in [0.29, 0.717) is 6.04 Å². The van der Waals surface area contributed by atoms with Crippen LogP contribution in [0, 0.1) is 13.8 Å². The van der Waals surface area contributed by atoms with E-state index < -0.39 is 0 Å². The minimum atomic E-state index is 0.323. The number of benzene rings is 1. The van der Waals surface area contributed by atoms with Crippen molar-refractivity contribution >= 4 is 0 Å². The van der Waals surface area contributed by atoms with Gasteiger partial charge in [-0.15, -0.1) is 0 Å². The number of imidazole rings is 1. The van der Waals surface area contributed by atoms with E-state index >= 15 is 0 Å². The molecule has 0 saturated heterocycles. The third-order valence-electron chi connectivity index (χ3n) is 3.23. The van der Waals surface area contributed by atoms with Gasteiger partial charge in [-0.05, 0) is 37.6 Å². The number of hydrogen-bond donors (Lipinski definition) is 1. The van der Waals surface area contributed by atoms with Crippen LogP contribution in [0.5, 0.6) is 0 Å². The van der Waals surface area contributed by atoms with Crippen molar-refractivity contribution < 1.29 is 0 Å². The molecule has 2 rings (SSSR count). The maximum absolute atomic E-state index is 4.07. The Kier molecular flexibility index (Phi) is 3.59. The van der Waals surface area contributed by atoms with Gasteiger partial charge in [0, 0.05) is 25.0 Å². The largest absolute Gasteiger partial charge is 0.336 e. The first-order chi connectivity index (χ1) is 8.20. The molecule has 0 fully saturated rings. The Balaban J connectivity index is 2.20. The molecule has 0 radical (unpaired) electrons. The Morgan fingerprint density at radius 1 is 1.29 bits per heavy atom. The van der Waals surface area contributed by atoms with Gasteiger partial charge in [0.1, 0.15) is 0 Å². The lowest BCUT2D eigenvalue weighted by Gasteiger charge is -2.18. The summed E-state index contributed by atoms with van der Waals surface area (Å²) in [4.78, 5) is 4.07. The van der Waals surface area contributed by atoms with E-state index in [1.807, 2.05) is 25.8 Å². The number of nitrogens with zero attached hydrogens (tertiary/aromatic N) is 2. The van der Waals surface area contributed by atoms with E-state index in [-0.39, 0.29) is 0 Å². The molecule has 0 aliphatic rings. The summed E-state index contributed by atoms with van der Waals surface area (Å²) in [5, 5.41) is 3.35. The average molecular weight is 229 g/mol. The molecule has 0 bridgehead atoms. The Labute approximate surface area is 103 Å². The summed E-state index contributed by atoms with van der Waals surface area (Å²) in [6.45, 7) is 5.20. The second-order valence-corrected chi connectivity index (χ2v) is 4.44. The molecule has 0 aliphatic carbocycles. The fourth-order valence-corrected chi connectivity index (χ4v) is 1.95. The van der Waals surface area contributed by atoms with Crippen LogP contribution in [0.4, 0.5) is 0 Å². The van der Waals surface area contributed by atoms with Crippen LogP contribution in [0.3, 0.4) is 0 Å². The molecule has 3 nitrogen and oxygen atoms in total. The number of hydrogen-bond acceptors (Lipinski definition) is 2. The van der Waals surface area contributed by atoms with E-state index in [0.717, 1.165) is 6.54 Å². The van der Waals surface area contributed by atoms with Gasteiger partial charge < -0.3 is 9.88 Å². The van der Waals surface area contributed by atoms with Gasteiger partial charge >= 0.3 is 0 Å². The lowest BCUT2D eigenvalue weighted by atomic mass is 10.0. The predicted molar refractivity (Wildman–Crippen MR) is 69.9 cm³/mol. The zero-order valence-electron chi connectivity index (χ0n) is 10.6. The van der Waals surface area contributed by atoms with Crippen molar-refractivity contribution in [1.29, 1.82) is 0 Å². The summed E-state index contributed by atoms with van der Waals surface area (Å²) in [5.74, 6) is 0. The van der Waals surface area contributed by atoms with Crippen LogP contribution in [0.1, 0.15) is 22.7 Å². The van der Waals surface area contributed by atoms with Gasteiger partial charge in [0.05, 0.1) is 6.33 Å². The first-order valence-corrected chi connectivity index (χ1v) is 5.91. The van der Waals surface area contributed by atoms with Crippen molar-refractivity contribution in [2.24, 2.45) is 0 Å². The molecule has 1 atom stereocenters. The molecule has 17 heavy (non-hydrogen) atoms. The summed E-state index contributed by atoms with van der Waals surface area (Å²) in [6.07, 6.45) is 5.66. The van der Waals surface area contributed by atoms with E-state index in [1.165, 1.54) is 16.7 Å². The minimum absolute atomic E-state index is 0.323. The topological polar surface area (TPSA) is 29.9 Å². The van der Waals surface area contributed by atoms with Crippen LogP contribution in [-0.4, -0.2) is 16.6 Å². The highest BCUT2D eigenvalue weighted by molar-refractivity contribution is 5.31. The van der Waals surface area contributed by atoms with E-state index in [9.17, 15) is 0 Å². The molecular formula is C14H19N3. The Hall–Kier alpha value is -1.61. The summed E-state index contributed by atoms with van der Waals surface area (Å²) in [5.41, 5.74) is 4.00. The molecule has 1 unspecified atom stereocenters. The lowest BCUT2D eigenvalue weighted by Crippen LogP contribution is -2.21. The molecule has 90 valence electrons. The smallest absolute Gasteiger partial charge is 0.0946 e. The van der Waals surface area contributed by atoms with Crippen LogP contribution in [-0.2, 0) is 6.54 Å². The van der Waals surface area contributed by atoms with Crippen LogP contribution >= 0.6 is 0 Å². The summed E-state index contributed by atoms with van der Waals surface area (Å²) >= 11 is 0. The van der Waals surface area contributed by atoms with Crippen molar-refractivity contribution in [3.8, 4) is 0 Å². The zero-order chi connectivity index (χ0) is 12.3. The molecular weight excluding hydrogens is 210 g/mol. The number of nitrogens with one attached hydrogen (secondary N) is 1. The Morgan fingerprint density at radius 2 is 2.12 bits per heavy atom. The molecule has 2 aromatic rings. The minimum Gasteiger partial charge on any atom is -0.336 e. The van der Waals surface area contributed by atoms with Gasteiger partial charge in [0.25, 0.3) is 0 Å². The first kappa shape index (κ1) is 11.9. The van der Waals surface area contributed by atoms with Gasteiger partial charge in [-0.2, -0.15) is 0 Å².